The second-order valence-electron chi connectivity index (χ2n) is 7.70. The number of nitrogens with one attached hydrogen (secondary N) is 2. The van der Waals surface area contributed by atoms with Gasteiger partial charge in [-0.1, -0.05) is 56.3 Å². The molecule has 30 heavy (non-hydrogen) atoms. The fourth-order valence-corrected chi connectivity index (χ4v) is 3.33. The first-order valence-electron chi connectivity index (χ1n) is 10.1. The van der Waals surface area contributed by atoms with Gasteiger partial charge in [0.25, 0.3) is 5.91 Å². The van der Waals surface area contributed by atoms with E-state index in [4.69, 9.17) is 0 Å². The largest absolute Gasteiger partial charge is 0.350 e. The zero-order valence-electron chi connectivity index (χ0n) is 17.6. The van der Waals surface area contributed by atoms with Crippen LogP contribution in [0.1, 0.15) is 40.9 Å². The Morgan fingerprint density at radius 2 is 1.70 bits per heavy atom. The summed E-state index contributed by atoms with van der Waals surface area (Å²) >= 11 is 0. The average Bonchev–Trinajstić information content (AvgIpc) is 3.24. The monoisotopic (exact) mass is 404 g/mol. The summed E-state index contributed by atoms with van der Waals surface area (Å²) in [5, 5.41) is 10.1. The summed E-state index contributed by atoms with van der Waals surface area (Å²) in [6.07, 6.45) is 3.65. The van der Waals surface area contributed by atoms with E-state index in [1.165, 1.54) is 0 Å². The normalized spacial score (nSPS) is 11.9. The molecule has 3 rings (SSSR count). The Bertz CT molecular complexity index is 996. The summed E-state index contributed by atoms with van der Waals surface area (Å²) in [5.74, 6) is -0.473. The Morgan fingerprint density at radius 1 is 1.00 bits per heavy atom. The summed E-state index contributed by atoms with van der Waals surface area (Å²) in [6.45, 7) is 6.76. The van der Waals surface area contributed by atoms with Crippen LogP contribution in [0.4, 0.5) is 0 Å². The van der Waals surface area contributed by atoms with Crippen LogP contribution in [-0.4, -0.2) is 27.6 Å². The van der Waals surface area contributed by atoms with Crippen LogP contribution in [0.3, 0.4) is 0 Å². The molecule has 2 N–H and O–H groups in total. The molecule has 0 bridgehead atoms. The molecule has 0 radical (unpaired) electrons. The van der Waals surface area contributed by atoms with Crippen molar-refractivity contribution in [3.8, 4) is 0 Å². The first-order valence-corrected chi connectivity index (χ1v) is 10.1. The number of nitrogens with zero attached hydrogens (tertiary/aromatic N) is 2. The first kappa shape index (κ1) is 21.3. The zero-order valence-corrected chi connectivity index (χ0v) is 17.6. The molecular formula is C24H28N4O2. The number of amides is 2. The molecule has 0 aliphatic rings. The van der Waals surface area contributed by atoms with Crippen molar-refractivity contribution in [2.24, 2.45) is 5.92 Å². The predicted octanol–water partition coefficient (Wildman–Crippen LogP) is 3.31. The lowest BCUT2D eigenvalue weighted by atomic mass is 10.0. The highest BCUT2D eigenvalue weighted by atomic mass is 16.2. The molecule has 6 nitrogen and oxygen atoms in total. The highest BCUT2D eigenvalue weighted by Crippen LogP contribution is 2.12. The highest BCUT2D eigenvalue weighted by Gasteiger charge is 2.25. The molecule has 6 heteroatoms. The quantitative estimate of drug-likeness (QED) is 0.605. The molecular weight excluding hydrogens is 376 g/mol. The van der Waals surface area contributed by atoms with Crippen molar-refractivity contribution in [2.45, 2.75) is 39.9 Å². The SMILES string of the molecule is Cc1ccccc1C(=O)NC(C(=O)NCc1ccccc1Cn1cccn1)C(C)C. The van der Waals surface area contributed by atoms with Crippen LogP contribution in [0, 0.1) is 12.8 Å². The van der Waals surface area contributed by atoms with Crippen LogP contribution in [0.25, 0.3) is 0 Å². The third kappa shape index (κ3) is 5.35. The van der Waals surface area contributed by atoms with Gasteiger partial charge in [-0.15, -0.1) is 0 Å². The van der Waals surface area contributed by atoms with Crippen LogP contribution in [-0.2, 0) is 17.9 Å². The fourth-order valence-electron chi connectivity index (χ4n) is 3.33. The van der Waals surface area contributed by atoms with E-state index in [1.54, 1.807) is 12.3 Å². The number of hydrogen-bond donors (Lipinski definition) is 2. The van der Waals surface area contributed by atoms with Crippen LogP contribution < -0.4 is 10.6 Å². The lowest BCUT2D eigenvalue weighted by Gasteiger charge is -2.22. The van der Waals surface area contributed by atoms with E-state index in [2.05, 4.69) is 15.7 Å². The summed E-state index contributed by atoms with van der Waals surface area (Å²) < 4.78 is 1.85. The molecule has 1 unspecified atom stereocenters. The van der Waals surface area contributed by atoms with E-state index in [0.29, 0.717) is 18.7 Å². The van der Waals surface area contributed by atoms with Crippen molar-refractivity contribution in [1.29, 1.82) is 0 Å². The van der Waals surface area contributed by atoms with Gasteiger partial charge in [0.2, 0.25) is 5.91 Å². The van der Waals surface area contributed by atoms with Gasteiger partial charge in [-0.3, -0.25) is 14.3 Å². The molecule has 0 aliphatic heterocycles. The smallest absolute Gasteiger partial charge is 0.252 e. The van der Waals surface area contributed by atoms with Gasteiger partial charge in [-0.25, -0.2) is 0 Å². The lowest BCUT2D eigenvalue weighted by Crippen LogP contribution is -2.49. The molecule has 0 spiro atoms. The van der Waals surface area contributed by atoms with Crippen LogP contribution in [0.15, 0.2) is 67.0 Å². The molecule has 2 amide bonds. The van der Waals surface area contributed by atoms with Crippen molar-refractivity contribution in [3.63, 3.8) is 0 Å². The number of rotatable bonds is 8. The maximum Gasteiger partial charge on any atom is 0.252 e. The van der Waals surface area contributed by atoms with Gasteiger partial charge in [0.1, 0.15) is 6.04 Å². The van der Waals surface area contributed by atoms with E-state index in [-0.39, 0.29) is 17.7 Å². The fraction of sp³-hybridized carbons (Fsp3) is 0.292. The Hall–Kier alpha value is -3.41. The third-order valence-corrected chi connectivity index (χ3v) is 5.09. The van der Waals surface area contributed by atoms with E-state index in [1.807, 2.05) is 80.2 Å². The van der Waals surface area contributed by atoms with Crippen LogP contribution >= 0.6 is 0 Å². The lowest BCUT2D eigenvalue weighted by molar-refractivity contribution is -0.124. The van der Waals surface area contributed by atoms with E-state index in [9.17, 15) is 9.59 Å². The number of aryl methyl sites for hydroxylation is 1. The van der Waals surface area contributed by atoms with Crippen molar-refractivity contribution in [3.05, 3.63) is 89.2 Å². The van der Waals surface area contributed by atoms with Gasteiger partial charge in [-0.05, 0) is 41.7 Å². The van der Waals surface area contributed by atoms with Crippen molar-refractivity contribution >= 4 is 11.8 Å². The number of carbonyl (C=O) groups is 2. The summed E-state index contributed by atoms with van der Waals surface area (Å²) in [7, 11) is 0. The second kappa shape index (κ2) is 9.87. The molecule has 1 heterocycles. The van der Waals surface area contributed by atoms with E-state index < -0.39 is 6.04 Å². The number of carbonyl (C=O) groups excluding carboxylic acids is 2. The Kier molecular flexibility index (Phi) is 7.01. The van der Waals surface area contributed by atoms with Crippen LogP contribution in [0.5, 0.6) is 0 Å². The second-order valence-corrected chi connectivity index (χ2v) is 7.70. The highest BCUT2D eigenvalue weighted by molar-refractivity contribution is 5.98. The molecule has 1 atom stereocenters. The molecule has 1 aromatic heterocycles. The number of benzene rings is 2. The van der Waals surface area contributed by atoms with Crippen molar-refractivity contribution in [2.75, 3.05) is 0 Å². The van der Waals surface area contributed by atoms with E-state index >= 15 is 0 Å². The van der Waals surface area contributed by atoms with Crippen LogP contribution in [0.2, 0.25) is 0 Å². The minimum atomic E-state index is -0.615. The predicted molar refractivity (Wildman–Crippen MR) is 117 cm³/mol. The maximum absolute atomic E-state index is 12.9. The molecule has 3 aromatic rings. The van der Waals surface area contributed by atoms with Crippen molar-refractivity contribution < 1.29 is 9.59 Å². The topological polar surface area (TPSA) is 76.0 Å². The summed E-state index contributed by atoms with van der Waals surface area (Å²) in [4.78, 5) is 25.6. The van der Waals surface area contributed by atoms with Gasteiger partial charge < -0.3 is 10.6 Å². The van der Waals surface area contributed by atoms with Gasteiger partial charge in [-0.2, -0.15) is 5.10 Å². The number of aromatic nitrogens is 2. The minimum Gasteiger partial charge on any atom is -0.350 e. The molecule has 156 valence electrons. The van der Waals surface area contributed by atoms with E-state index in [0.717, 1.165) is 16.7 Å². The molecule has 0 aliphatic carbocycles. The molecule has 0 saturated carbocycles. The maximum atomic E-state index is 12.9. The Balaban J connectivity index is 1.66. The molecule has 0 fully saturated rings. The molecule has 0 saturated heterocycles. The van der Waals surface area contributed by atoms with Gasteiger partial charge in [0, 0.05) is 24.5 Å². The first-order chi connectivity index (χ1) is 14.5. The summed E-state index contributed by atoms with van der Waals surface area (Å²) in [6, 6.07) is 16.6. The van der Waals surface area contributed by atoms with Gasteiger partial charge in [0.15, 0.2) is 0 Å². The zero-order chi connectivity index (χ0) is 21.5. The van der Waals surface area contributed by atoms with Crippen molar-refractivity contribution in [1.82, 2.24) is 20.4 Å². The van der Waals surface area contributed by atoms with Gasteiger partial charge >= 0.3 is 0 Å². The third-order valence-electron chi connectivity index (χ3n) is 5.09. The Labute approximate surface area is 177 Å². The standard InChI is InChI=1S/C24H28N4O2/c1-17(2)22(27-23(29)21-12-7-4-9-18(21)3)24(30)25-15-19-10-5-6-11-20(19)16-28-14-8-13-26-28/h4-14,17,22H,15-16H2,1-3H3,(H,25,30)(H,27,29). The average molecular weight is 405 g/mol. The summed E-state index contributed by atoms with van der Waals surface area (Å²) in [5.41, 5.74) is 3.58. The van der Waals surface area contributed by atoms with Gasteiger partial charge in [0.05, 0.1) is 6.54 Å². The Morgan fingerprint density at radius 3 is 2.37 bits per heavy atom. The molecule has 2 aromatic carbocycles. The minimum absolute atomic E-state index is 0.0442. The number of hydrogen-bond acceptors (Lipinski definition) is 3.